The van der Waals surface area contributed by atoms with Gasteiger partial charge in [-0.3, -0.25) is 0 Å². The molecule has 0 bridgehead atoms. The van der Waals surface area contributed by atoms with Crippen LogP contribution in [-0.4, -0.2) is 11.9 Å². The second-order valence-corrected chi connectivity index (χ2v) is 11.4. The van der Waals surface area contributed by atoms with E-state index in [9.17, 15) is 4.79 Å². The fourth-order valence-electron chi connectivity index (χ4n) is 3.05. The van der Waals surface area contributed by atoms with Gasteiger partial charge in [-0.2, -0.15) is 0 Å². The third-order valence-electron chi connectivity index (χ3n) is 4.62. The summed E-state index contributed by atoms with van der Waals surface area (Å²) in [7, 11) is 0. The number of nitrogens with zero attached hydrogens (tertiary/aromatic N) is 1. The molecule has 0 aromatic heterocycles. The van der Waals surface area contributed by atoms with Crippen molar-refractivity contribution in [2.24, 2.45) is 4.99 Å². The lowest BCUT2D eigenvalue weighted by Crippen LogP contribution is -2.05. The molecule has 8 heteroatoms. The van der Waals surface area contributed by atoms with Gasteiger partial charge in [-0.15, -0.1) is 0 Å². The normalized spacial score (nSPS) is 14.5. The molecule has 4 nitrogen and oxygen atoms in total. The first-order valence-corrected chi connectivity index (χ1v) is 13.5. The second kappa shape index (κ2) is 10.5. The number of aryl methyl sites for hydroxylation is 1. The Hall–Kier alpha value is -0.990. The van der Waals surface area contributed by atoms with Gasteiger partial charge in [0.05, 0.1) is 7.14 Å². The van der Waals surface area contributed by atoms with E-state index in [1.165, 1.54) is 0 Å². The topological polar surface area (TPSA) is 47.9 Å². The minimum atomic E-state index is -0.448. The maximum Gasteiger partial charge on any atom is 0.363 e. The van der Waals surface area contributed by atoms with Crippen molar-refractivity contribution >= 4 is 102 Å². The molecule has 4 rings (SSSR count). The van der Waals surface area contributed by atoms with Gasteiger partial charge in [0.1, 0.15) is 12.4 Å². The molecule has 0 radical (unpaired) electrons. The molecule has 0 aliphatic carbocycles. The van der Waals surface area contributed by atoms with E-state index in [1.54, 1.807) is 6.08 Å². The van der Waals surface area contributed by atoms with E-state index < -0.39 is 5.97 Å². The zero-order chi connectivity index (χ0) is 22.8. The lowest BCUT2D eigenvalue weighted by atomic mass is 10.1. The van der Waals surface area contributed by atoms with E-state index in [2.05, 4.69) is 88.7 Å². The van der Waals surface area contributed by atoms with E-state index >= 15 is 0 Å². The summed E-state index contributed by atoms with van der Waals surface area (Å²) >= 11 is 10.3. The molecule has 0 spiro atoms. The maximum absolute atomic E-state index is 12.4. The fourth-order valence-corrected chi connectivity index (χ4v) is 5.96. The molecule has 0 fully saturated rings. The molecule has 162 valence electrons. The molecule has 0 unspecified atom stereocenters. The highest BCUT2D eigenvalue weighted by Crippen LogP contribution is 2.31. The molecule has 32 heavy (non-hydrogen) atoms. The number of hydrogen-bond acceptors (Lipinski definition) is 4. The Kier molecular flexibility index (Phi) is 7.93. The number of rotatable bonds is 5. The van der Waals surface area contributed by atoms with Crippen LogP contribution in [0.25, 0.3) is 6.08 Å². The van der Waals surface area contributed by atoms with Crippen LogP contribution in [0.3, 0.4) is 0 Å². The minimum Gasteiger partial charge on any atom is -0.487 e. The third kappa shape index (κ3) is 5.73. The number of halogens is 4. The quantitative estimate of drug-likeness (QED) is 0.152. The predicted molar refractivity (Wildman–Crippen MR) is 155 cm³/mol. The summed E-state index contributed by atoms with van der Waals surface area (Å²) < 4.78 is 15.6. The monoisotopic (exact) mass is 825 g/mol. The lowest BCUT2D eigenvalue weighted by molar-refractivity contribution is -0.129. The number of carbonyl (C=O) groups excluding carboxylic acids is 1. The Labute approximate surface area is 235 Å². The van der Waals surface area contributed by atoms with Gasteiger partial charge in [-0.25, -0.2) is 9.79 Å². The first-order valence-electron chi connectivity index (χ1n) is 9.45. The third-order valence-corrected chi connectivity index (χ3v) is 7.93. The van der Waals surface area contributed by atoms with Gasteiger partial charge in [-0.05, 0) is 140 Å². The van der Waals surface area contributed by atoms with Crippen LogP contribution in [0.2, 0.25) is 0 Å². The van der Waals surface area contributed by atoms with Crippen molar-refractivity contribution < 1.29 is 14.3 Å². The standard InChI is InChI=1S/C24H15BrI3NO3/c1-13-7-16(5-6-18(13)26)23-29-21(24(30)32-23)11-15-9-19(27)22(20(28)10-15)31-12-14-3-2-4-17(25)8-14/h2-11H,12H2,1H3/b21-11-. The highest BCUT2D eigenvalue weighted by atomic mass is 127. The Bertz CT molecular complexity index is 1260. The van der Waals surface area contributed by atoms with Crippen LogP contribution in [-0.2, 0) is 16.1 Å². The SMILES string of the molecule is Cc1cc(C2=N/C(=C\c3cc(I)c(OCc4cccc(Br)c4)c(I)c3)C(=O)O2)ccc1I. The van der Waals surface area contributed by atoms with E-state index in [4.69, 9.17) is 9.47 Å². The van der Waals surface area contributed by atoms with Crippen molar-refractivity contribution in [3.8, 4) is 5.75 Å². The maximum atomic E-state index is 12.4. The van der Waals surface area contributed by atoms with Gasteiger partial charge in [0, 0.05) is 13.6 Å². The molecular formula is C24H15BrI3NO3. The summed E-state index contributed by atoms with van der Waals surface area (Å²) in [6, 6.07) is 17.9. The summed E-state index contributed by atoms with van der Waals surface area (Å²) in [4.78, 5) is 16.8. The molecule has 0 atom stereocenters. The average molecular weight is 826 g/mol. The Morgan fingerprint density at radius 2 is 1.78 bits per heavy atom. The number of hydrogen-bond donors (Lipinski definition) is 0. The molecule has 3 aromatic rings. The number of benzene rings is 3. The van der Waals surface area contributed by atoms with E-state index in [1.807, 2.05) is 61.5 Å². The van der Waals surface area contributed by atoms with Crippen molar-refractivity contribution in [2.75, 3.05) is 0 Å². The summed E-state index contributed by atoms with van der Waals surface area (Å²) in [6.45, 7) is 2.49. The van der Waals surface area contributed by atoms with Crippen molar-refractivity contribution in [1.82, 2.24) is 0 Å². The zero-order valence-electron chi connectivity index (χ0n) is 16.7. The Morgan fingerprint density at radius 3 is 2.47 bits per heavy atom. The smallest absolute Gasteiger partial charge is 0.363 e. The van der Waals surface area contributed by atoms with Gasteiger partial charge in [0.25, 0.3) is 0 Å². The van der Waals surface area contributed by atoms with Crippen LogP contribution >= 0.6 is 83.7 Å². The lowest BCUT2D eigenvalue weighted by Gasteiger charge is -2.12. The van der Waals surface area contributed by atoms with Crippen LogP contribution in [0, 0.1) is 17.6 Å². The molecule has 1 aliphatic rings. The van der Waals surface area contributed by atoms with Gasteiger partial charge in [0.2, 0.25) is 5.90 Å². The van der Waals surface area contributed by atoms with Gasteiger partial charge < -0.3 is 9.47 Å². The van der Waals surface area contributed by atoms with Gasteiger partial charge in [0.15, 0.2) is 5.70 Å². The van der Waals surface area contributed by atoms with Crippen molar-refractivity contribution in [2.45, 2.75) is 13.5 Å². The Morgan fingerprint density at radius 1 is 1.03 bits per heavy atom. The van der Waals surface area contributed by atoms with Crippen LogP contribution in [0.5, 0.6) is 5.75 Å². The van der Waals surface area contributed by atoms with E-state index in [0.29, 0.717) is 12.5 Å². The minimum absolute atomic E-state index is 0.283. The van der Waals surface area contributed by atoms with Crippen molar-refractivity contribution in [1.29, 1.82) is 0 Å². The molecule has 1 aliphatic heterocycles. The van der Waals surface area contributed by atoms with E-state index in [0.717, 1.165) is 43.2 Å². The number of ether oxygens (including phenoxy) is 2. The van der Waals surface area contributed by atoms with Crippen LogP contribution in [0.15, 0.2) is 69.8 Å². The van der Waals surface area contributed by atoms with Crippen molar-refractivity contribution in [3.63, 3.8) is 0 Å². The highest BCUT2D eigenvalue weighted by Gasteiger charge is 2.24. The molecule has 0 amide bonds. The summed E-state index contributed by atoms with van der Waals surface area (Å²) in [6.07, 6.45) is 1.75. The number of carbonyl (C=O) groups is 1. The van der Waals surface area contributed by atoms with Gasteiger partial charge >= 0.3 is 5.97 Å². The van der Waals surface area contributed by atoms with E-state index in [-0.39, 0.29) is 5.70 Å². The van der Waals surface area contributed by atoms with Crippen molar-refractivity contribution in [3.05, 3.63) is 97.7 Å². The predicted octanol–water partition coefficient (Wildman–Crippen LogP) is 7.49. The Balaban J connectivity index is 1.56. The summed E-state index contributed by atoms with van der Waals surface area (Å²) in [5.41, 5.74) is 4.13. The number of cyclic esters (lactones) is 1. The largest absolute Gasteiger partial charge is 0.487 e. The first kappa shape index (κ1) is 24.1. The molecule has 1 heterocycles. The molecule has 3 aromatic carbocycles. The van der Waals surface area contributed by atoms with Crippen LogP contribution in [0.4, 0.5) is 0 Å². The fraction of sp³-hybridized carbons (Fsp3) is 0.0833. The van der Waals surface area contributed by atoms with Gasteiger partial charge in [-0.1, -0.05) is 28.1 Å². The summed E-state index contributed by atoms with van der Waals surface area (Å²) in [5.74, 6) is 0.705. The zero-order valence-corrected chi connectivity index (χ0v) is 24.7. The molecular weight excluding hydrogens is 811 g/mol. The van der Waals surface area contributed by atoms with Crippen LogP contribution in [0.1, 0.15) is 22.3 Å². The average Bonchev–Trinajstić information content (AvgIpc) is 3.10. The summed E-state index contributed by atoms with van der Waals surface area (Å²) in [5, 5.41) is 0. The first-order chi connectivity index (χ1) is 15.3. The number of esters is 1. The molecule has 0 saturated heterocycles. The number of aliphatic imine (C=N–C) groups is 1. The second-order valence-electron chi connectivity index (χ2n) is 7.03. The molecule has 0 saturated carbocycles. The molecule has 0 N–H and O–H groups in total. The van der Waals surface area contributed by atoms with Crippen LogP contribution < -0.4 is 4.74 Å². The highest BCUT2D eigenvalue weighted by molar-refractivity contribution is 14.1.